The smallest absolute Gasteiger partial charge is 0.408 e. The Morgan fingerprint density at radius 2 is 1.80 bits per heavy atom. The summed E-state index contributed by atoms with van der Waals surface area (Å²) in [6.45, 7) is 5.56. The van der Waals surface area contributed by atoms with Crippen molar-refractivity contribution >= 4 is 34.0 Å². The van der Waals surface area contributed by atoms with Crippen LogP contribution in [0.25, 0.3) is 0 Å². The third-order valence-electron chi connectivity index (χ3n) is 7.98. The Morgan fingerprint density at radius 1 is 1.05 bits per heavy atom. The fraction of sp³-hybridized carbons (Fsp3) is 0.778. The highest BCUT2D eigenvalue weighted by Gasteiger charge is 2.61. The van der Waals surface area contributed by atoms with Crippen molar-refractivity contribution in [3.63, 3.8) is 0 Å². The molecule has 40 heavy (non-hydrogen) atoms. The van der Waals surface area contributed by atoms with E-state index in [4.69, 9.17) is 4.74 Å². The van der Waals surface area contributed by atoms with Crippen LogP contribution in [0.15, 0.2) is 12.2 Å². The Morgan fingerprint density at radius 3 is 2.48 bits per heavy atom. The fourth-order valence-electron chi connectivity index (χ4n) is 5.53. The van der Waals surface area contributed by atoms with Gasteiger partial charge in [0.25, 0.3) is 5.91 Å². The maximum atomic E-state index is 13.6. The number of carbonyl (C=O) groups excluding carboxylic acids is 4. The molecule has 0 aromatic heterocycles. The highest BCUT2D eigenvalue weighted by molar-refractivity contribution is 7.88. The first-order valence-electron chi connectivity index (χ1n) is 14.4. The molecule has 2 aliphatic heterocycles. The second-order valence-electron chi connectivity index (χ2n) is 12.4. The first kappa shape index (κ1) is 30.3. The van der Waals surface area contributed by atoms with Gasteiger partial charge in [0.05, 0.1) is 0 Å². The molecule has 4 N–H and O–H groups in total. The van der Waals surface area contributed by atoms with Gasteiger partial charge in [-0.1, -0.05) is 31.4 Å². The van der Waals surface area contributed by atoms with E-state index in [0.29, 0.717) is 32.2 Å². The monoisotopic (exact) mass is 581 g/mol. The zero-order chi connectivity index (χ0) is 29.1. The summed E-state index contributed by atoms with van der Waals surface area (Å²) in [5.74, 6) is -2.01. The molecule has 2 heterocycles. The van der Waals surface area contributed by atoms with E-state index < -0.39 is 51.3 Å². The molecule has 0 aromatic rings. The molecule has 0 aromatic carbocycles. The minimum atomic E-state index is -4.08. The van der Waals surface area contributed by atoms with Gasteiger partial charge in [-0.3, -0.25) is 14.4 Å². The molecule has 0 bridgehead atoms. The van der Waals surface area contributed by atoms with Gasteiger partial charge >= 0.3 is 16.3 Å². The van der Waals surface area contributed by atoms with Crippen molar-refractivity contribution in [2.45, 2.75) is 121 Å². The normalized spacial score (nSPS) is 30.9. The minimum absolute atomic E-state index is 0.194. The van der Waals surface area contributed by atoms with Crippen LogP contribution in [-0.2, 0) is 29.3 Å². The lowest BCUT2D eigenvalue weighted by Gasteiger charge is -2.31. The molecule has 1 saturated heterocycles. The van der Waals surface area contributed by atoms with Crippen LogP contribution in [0.4, 0.5) is 4.79 Å². The lowest BCUT2D eigenvalue weighted by atomic mass is 9.94. The molecule has 2 saturated carbocycles. The Balaban J connectivity index is 1.52. The molecule has 3 fully saturated rings. The number of nitrogens with one attached hydrogen (secondary N) is 4. The number of fused-ring (bicyclic) bond motifs is 2. The third-order valence-corrected chi connectivity index (χ3v) is 9.08. The number of alkyl carbamates (subject to hydrolysis) is 1. The Bertz CT molecular complexity index is 1130. The van der Waals surface area contributed by atoms with E-state index >= 15 is 0 Å². The zero-order valence-corrected chi connectivity index (χ0v) is 24.5. The molecule has 224 valence electrons. The van der Waals surface area contributed by atoms with Gasteiger partial charge < -0.3 is 20.3 Å². The molecule has 0 radical (unpaired) electrons. The van der Waals surface area contributed by atoms with Crippen molar-refractivity contribution in [3.8, 4) is 0 Å². The summed E-state index contributed by atoms with van der Waals surface area (Å²) >= 11 is 0. The Labute approximate surface area is 236 Å². The van der Waals surface area contributed by atoms with Crippen LogP contribution in [0.3, 0.4) is 0 Å². The highest BCUT2D eigenvalue weighted by Crippen LogP contribution is 2.45. The van der Waals surface area contributed by atoms with Gasteiger partial charge in [0.15, 0.2) is 0 Å². The number of carbonyl (C=O) groups is 4. The van der Waals surface area contributed by atoms with Gasteiger partial charge in [0.2, 0.25) is 11.8 Å². The van der Waals surface area contributed by atoms with Crippen molar-refractivity contribution in [1.82, 2.24) is 25.0 Å². The quantitative estimate of drug-likeness (QED) is 0.360. The summed E-state index contributed by atoms with van der Waals surface area (Å²) in [5.41, 5.74) is -2.14. The van der Waals surface area contributed by atoms with Gasteiger partial charge in [-0.2, -0.15) is 13.1 Å². The molecule has 0 spiro atoms. The molecule has 1 unspecified atom stereocenters. The maximum Gasteiger partial charge on any atom is 0.408 e. The van der Waals surface area contributed by atoms with Crippen LogP contribution in [0, 0.1) is 5.92 Å². The first-order valence-corrected chi connectivity index (χ1v) is 15.9. The van der Waals surface area contributed by atoms with Crippen LogP contribution in [0.2, 0.25) is 0 Å². The highest BCUT2D eigenvalue weighted by atomic mass is 32.2. The van der Waals surface area contributed by atoms with Gasteiger partial charge in [-0.15, -0.1) is 0 Å². The number of amides is 4. The van der Waals surface area contributed by atoms with E-state index in [1.54, 1.807) is 20.8 Å². The SMILES string of the molecule is CC(C)(C)OC(=O)NC1CCCCC/C=C\[C@H]2C[C@@]2(C(=O)NS(=O)(=O)NC2CCC2)NC(=O)[C@@H]2CCCN2C1=O. The van der Waals surface area contributed by atoms with Gasteiger partial charge in [0.1, 0.15) is 23.2 Å². The molecule has 4 aliphatic rings. The largest absolute Gasteiger partial charge is 0.444 e. The number of ether oxygens (including phenoxy) is 1. The Kier molecular flexibility index (Phi) is 9.13. The van der Waals surface area contributed by atoms with Crippen LogP contribution in [0.1, 0.15) is 91.4 Å². The van der Waals surface area contributed by atoms with Crippen molar-refractivity contribution in [1.29, 1.82) is 0 Å². The summed E-state index contributed by atoms with van der Waals surface area (Å²) < 4.78 is 35.2. The summed E-state index contributed by atoms with van der Waals surface area (Å²) in [6, 6.07) is -1.88. The predicted molar refractivity (Wildman–Crippen MR) is 147 cm³/mol. The van der Waals surface area contributed by atoms with Gasteiger partial charge in [-0.25, -0.2) is 9.52 Å². The number of rotatable bonds is 5. The minimum Gasteiger partial charge on any atom is -0.444 e. The molecule has 2 aliphatic carbocycles. The number of allylic oxidation sites excluding steroid dienone is 1. The van der Waals surface area contributed by atoms with Gasteiger partial charge in [0, 0.05) is 18.5 Å². The van der Waals surface area contributed by atoms with Crippen LogP contribution < -0.4 is 20.1 Å². The lowest BCUT2D eigenvalue weighted by molar-refractivity contribution is -0.141. The van der Waals surface area contributed by atoms with E-state index in [1.165, 1.54) is 4.90 Å². The average molecular weight is 582 g/mol. The topological polar surface area (TPSA) is 163 Å². The van der Waals surface area contributed by atoms with Crippen molar-refractivity contribution in [2.75, 3.05) is 6.54 Å². The van der Waals surface area contributed by atoms with E-state index in [0.717, 1.165) is 38.5 Å². The molecular formula is C27H43N5O7S. The molecule has 12 nitrogen and oxygen atoms in total. The van der Waals surface area contributed by atoms with E-state index in [-0.39, 0.29) is 24.3 Å². The fourth-order valence-corrected chi connectivity index (χ4v) is 6.69. The van der Waals surface area contributed by atoms with Crippen molar-refractivity contribution in [2.24, 2.45) is 5.92 Å². The zero-order valence-electron chi connectivity index (χ0n) is 23.7. The lowest BCUT2D eigenvalue weighted by Crippen LogP contribution is -2.59. The predicted octanol–water partition coefficient (Wildman–Crippen LogP) is 1.77. The first-order chi connectivity index (χ1) is 18.8. The molecule has 4 rings (SSSR count). The second-order valence-corrected chi connectivity index (χ2v) is 13.9. The molecule has 4 atom stereocenters. The molecular weight excluding hydrogens is 538 g/mol. The number of nitrogens with zero attached hydrogens (tertiary/aromatic N) is 1. The van der Waals surface area contributed by atoms with Crippen molar-refractivity contribution in [3.05, 3.63) is 12.2 Å². The van der Waals surface area contributed by atoms with Crippen LogP contribution >= 0.6 is 0 Å². The van der Waals surface area contributed by atoms with Crippen molar-refractivity contribution < 1.29 is 32.3 Å². The average Bonchev–Trinajstić information content (AvgIpc) is 3.28. The maximum absolute atomic E-state index is 13.6. The number of hydrogen-bond acceptors (Lipinski definition) is 7. The van der Waals surface area contributed by atoms with Crippen LogP contribution in [0.5, 0.6) is 0 Å². The second kappa shape index (κ2) is 12.1. The summed E-state index contributed by atoms with van der Waals surface area (Å²) in [7, 11) is -4.08. The summed E-state index contributed by atoms with van der Waals surface area (Å²) in [6.07, 6.45) is 10.3. The molecule has 13 heteroatoms. The summed E-state index contributed by atoms with van der Waals surface area (Å²) in [4.78, 5) is 54.5. The molecule has 4 amide bonds. The Hall–Kier alpha value is -2.67. The van der Waals surface area contributed by atoms with Gasteiger partial charge in [-0.05, 0) is 72.1 Å². The van der Waals surface area contributed by atoms with E-state index in [9.17, 15) is 27.6 Å². The standard InChI is InChI=1S/C27H43N5O7S/c1-26(2,3)39-25(36)28-20-14-8-6-4-5-7-11-18-17-27(18,24(35)31-40(37,38)30-19-12-9-13-19)29-22(33)21-15-10-16-32(21)23(20)34/h7,11,18-21,30H,4-6,8-10,12-17H2,1-3H3,(H,28,36)(H,29,33)(H,31,35)/b11-7-/t18-,20?,21-,27+/m0/s1. The summed E-state index contributed by atoms with van der Waals surface area (Å²) in [5, 5.41) is 5.52. The van der Waals surface area contributed by atoms with E-state index in [1.807, 2.05) is 12.2 Å². The third kappa shape index (κ3) is 7.54. The van der Waals surface area contributed by atoms with Crippen LogP contribution in [-0.4, -0.2) is 72.9 Å². The number of hydrogen-bond donors (Lipinski definition) is 4. The van der Waals surface area contributed by atoms with E-state index in [2.05, 4.69) is 20.1 Å².